The topological polar surface area (TPSA) is 77.1 Å². The zero-order valence-corrected chi connectivity index (χ0v) is 10.6. The average Bonchev–Trinajstić information content (AvgIpc) is 2.42. The highest BCUT2D eigenvalue weighted by molar-refractivity contribution is 6.04. The second kappa shape index (κ2) is 5.49. The summed E-state index contributed by atoms with van der Waals surface area (Å²) >= 11 is 0. The molecule has 0 aliphatic rings. The number of nitrogens with two attached hydrogens (primary N) is 1. The minimum absolute atomic E-state index is 0.222. The smallest absolute Gasteiger partial charge is 0.255 e. The number of anilines is 1. The Labute approximate surface area is 110 Å². The lowest BCUT2D eigenvalue weighted by molar-refractivity contribution is 0.102. The van der Waals surface area contributed by atoms with Gasteiger partial charge in [0.25, 0.3) is 11.5 Å². The Kier molecular flexibility index (Phi) is 3.77. The summed E-state index contributed by atoms with van der Waals surface area (Å²) in [4.78, 5) is 23.5. The fraction of sp³-hybridized carbons (Fsp3) is 0.143. The maximum Gasteiger partial charge on any atom is 0.255 e. The Bertz CT molecular complexity index is 662. The number of nitrogens with one attached hydrogen (secondary N) is 1. The number of carbonyl (C=O) groups excluding carboxylic acids is 1. The molecule has 1 aromatic carbocycles. The Balaban J connectivity index is 2.25. The number of amides is 1. The highest BCUT2D eigenvalue weighted by Gasteiger charge is 2.09. The van der Waals surface area contributed by atoms with E-state index in [1.165, 1.54) is 10.6 Å². The lowest BCUT2D eigenvalue weighted by atomic mass is 10.1. The molecular formula is C14H15N3O2. The number of carbonyl (C=O) groups is 1. The molecule has 2 rings (SSSR count). The van der Waals surface area contributed by atoms with Crippen LogP contribution in [0.25, 0.3) is 0 Å². The molecule has 0 saturated carbocycles. The number of para-hydroxylation sites is 1. The van der Waals surface area contributed by atoms with E-state index in [2.05, 4.69) is 5.32 Å². The summed E-state index contributed by atoms with van der Waals surface area (Å²) < 4.78 is 1.41. The van der Waals surface area contributed by atoms with Gasteiger partial charge in [-0.3, -0.25) is 9.59 Å². The first-order valence-corrected chi connectivity index (χ1v) is 5.88. The molecule has 0 aliphatic heterocycles. The Hall–Kier alpha value is -2.40. The number of pyridine rings is 1. The van der Waals surface area contributed by atoms with Gasteiger partial charge in [-0.1, -0.05) is 18.2 Å². The van der Waals surface area contributed by atoms with E-state index in [-0.39, 0.29) is 11.5 Å². The van der Waals surface area contributed by atoms with Gasteiger partial charge in [0.15, 0.2) is 0 Å². The van der Waals surface area contributed by atoms with Crippen LogP contribution in [0.5, 0.6) is 0 Å². The second-order valence-corrected chi connectivity index (χ2v) is 4.18. The van der Waals surface area contributed by atoms with E-state index in [0.717, 1.165) is 5.56 Å². The van der Waals surface area contributed by atoms with Gasteiger partial charge < -0.3 is 15.6 Å². The van der Waals surface area contributed by atoms with E-state index in [1.807, 2.05) is 18.2 Å². The molecule has 3 N–H and O–H groups in total. The van der Waals surface area contributed by atoms with Crippen molar-refractivity contribution >= 4 is 11.6 Å². The molecule has 0 atom stereocenters. The van der Waals surface area contributed by atoms with Crippen LogP contribution in [-0.4, -0.2) is 10.5 Å². The largest absolute Gasteiger partial charge is 0.326 e. The summed E-state index contributed by atoms with van der Waals surface area (Å²) in [5.74, 6) is -0.321. The van der Waals surface area contributed by atoms with Crippen LogP contribution in [0.3, 0.4) is 0 Å². The second-order valence-electron chi connectivity index (χ2n) is 4.18. The van der Waals surface area contributed by atoms with Crippen LogP contribution >= 0.6 is 0 Å². The molecule has 19 heavy (non-hydrogen) atoms. The van der Waals surface area contributed by atoms with Gasteiger partial charge in [-0.2, -0.15) is 0 Å². The van der Waals surface area contributed by atoms with Crippen LogP contribution < -0.4 is 16.6 Å². The van der Waals surface area contributed by atoms with Crippen molar-refractivity contribution in [1.82, 2.24) is 4.57 Å². The predicted molar refractivity (Wildman–Crippen MR) is 74.0 cm³/mol. The summed E-state index contributed by atoms with van der Waals surface area (Å²) in [5, 5.41) is 2.76. The van der Waals surface area contributed by atoms with Crippen LogP contribution in [0.2, 0.25) is 0 Å². The highest BCUT2D eigenvalue weighted by atomic mass is 16.2. The molecule has 0 unspecified atom stereocenters. The SMILES string of the molecule is Cn1ccc(C(=O)Nc2ccccc2CN)cc1=O. The molecular weight excluding hydrogens is 242 g/mol. The van der Waals surface area contributed by atoms with Crippen molar-refractivity contribution in [1.29, 1.82) is 0 Å². The number of aryl methyl sites for hydroxylation is 1. The van der Waals surface area contributed by atoms with E-state index in [9.17, 15) is 9.59 Å². The van der Waals surface area contributed by atoms with Gasteiger partial charge in [-0.05, 0) is 17.7 Å². The number of aromatic nitrogens is 1. The molecule has 1 heterocycles. The molecule has 98 valence electrons. The quantitative estimate of drug-likeness (QED) is 0.864. The number of hydrogen-bond acceptors (Lipinski definition) is 3. The summed E-state index contributed by atoms with van der Waals surface area (Å²) in [5.41, 5.74) is 7.22. The monoisotopic (exact) mass is 257 g/mol. The van der Waals surface area contributed by atoms with Gasteiger partial charge in [-0.15, -0.1) is 0 Å². The summed E-state index contributed by atoms with van der Waals surface area (Å²) in [6.45, 7) is 0.340. The molecule has 1 aromatic heterocycles. The minimum Gasteiger partial charge on any atom is -0.326 e. The van der Waals surface area contributed by atoms with E-state index >= 15 is 0 Å². The lowest BCUT2D eigenvalue weighted by Crippen LogP contribution is -2.20. The summed E-state index contributed by atoms with van der Waals surface area (Å²) in [6, 6.07) is 10.2. The number of nitrogens with zero attached hydrogens (tertiary/aromatic N) is 1. The average molecular weight is 257 g/mol. The standard InChI is InChI=1S/C14H15N3O2/c1-17-7-6-10(8-13(17)18)14(19)16-12-5-3-2-4-11(12)9-15/h2-8H,9,15H2,1H3,(H,16,19). The van der Waals surface area contributed by atoms with Crippen LogP contribution in [0.15, 0.2) is 47.4 Å². The number of benzene rings is 1. The molecule has 0 aliphatic carbocycles. The van der Waals surface area contributed by atoms with Crippen LogP contribution in [0, 0.1) is 0 Å². The maximum atomic E-state index is 12.0. The fourth-order valence-corrected chi connectivity index (χ4v) is 1.70. The fourth-order valence-electron chi connectivity index (χ4n) is 1.70. The maximum absolute atomic E-state index is 12.0. The van der Waals surface area contributed by atoms with Gasteiger partial charge in [0.2, 0.25) is 0 Å². The first-order valence-electron chi connectivity index (χ1n) is 5.88. The molecule has 5 heteroatoms. The van der Waals surface area contributed by atoms with Gasteiger partial charge >= 0.3 is 0 Å². The lowest BCUT2D eigenvalue weighted by Gasteiger charge is -2.09. The third-order valence-electron chi connectivity index (χ3n) is 2.85. The van der Waals surface area contributed by atoms with Crippen molar-refractivity contribution < 1.29 is 4.79 Å². The zero-order chi connectivity index (χ0) is 13.8. The van der Waals surface area contributed by atoms with Crippen molar-refractivity contribution in [3.05, 3.63) is 64.1 Å². The van der Waals surface area contributed by atoms with Crippen LogP contribution in [0.4, 0.5) is 5.69 Å². The van der Waals surface area contributed by atoms with Crippen LogP contribution in [0.1, 0.15) is 15.9 Å². The molecule has 1 amide bonds. The Morgan fingerprint density at radius 1 is 1.32 bits per heavy atom. The first kappa shape index (κ1) is 13.0. The molecule has 5 nitrogen and oxygen atoms in total. The minimum atomic E-state index is -0.321. The molecule has 0 radical (unpaired) electrons. The van der Waals surface area contributed by atoms with Crippen molar-refractivity contribution in [2.75, 3.05) is 5.32 Å². The third kappa shape index (κ3) is 2.89. The van der Waals surface area contributed by atoms with E-state index in [1.54, 1.807) is 25.4 Å². The summed E-state index contributed by atoms with van der Waals surface area (Å²) in [6.07, 6.45) is 1.56. The molecule has 0 saturated heterocycles. The molecule has 0 spiro atoms. The molecule has 0 fully saturated rings. The Morgan fingerprint density at radius 2 is 2.05 bits per heavy atom. The van der Waals surface area contributed by atoms with Gasteiger partial charge in [0.05, 0.1) is 0 Å². The van der Waals surface area contributed by atoms with Crippen molar-refractivity contribution in [3.8, 4) is 0 Å². The van der Waals surface area contributed by atoms with Crippen molar-refractivity contribution in [2.24, 2.45) is 12.8 Å². The first-order chi connectivity index (χ1) is 9.11. The summed E-state index contributed by atoms with van der Waals surface area (Å²) in [7, 11) is 1.63. The van der Waals surface area contributed by atoms with Gasteiger partial charge in [0.1, 0.15) is 0 Å². The van der Waals surface area contributed by atoms with Crippen molar-refractivity contribution in [3.63, 3.8) is 0 Å². The van der Waals surface area contributed by atoms with Crippen molar-refractivity contribution in [2.45, 2.75) is 6.54 Å². The predicted octanol–water partition coefficient (Wildman–Crippen LogP) is 1.10. The Morgan fingerprint density at radius 3 is 2.74 bits per heavy atom. The normalized spacial score (nSPS) is 10.2. The van der Waals surface area contributed by atoms with Crippen LogP contribution in [-0.2, 0) is 13.6 Å². The molecule has 2 aromatic rings. The zero-order valence-electron chi connectivity index (χ0n) is 10.6. The molecule has 0 bridgehead atoms. The van der Waals surface area contributed by atoms with E-state index in [0.29, 0.717) is 17.8 Å². The van der Waals surface area contributed by atoms with Gasteiger partial charge in [-0.25, -0.2) is 0 Å². The van der Waals surface area contributed by atoms with Gasteiger partial charge in [0, 0.05) is 37.1 Å². The van der Waals surface area contributed by atoms with E-state index in [4.69, 9.17) is 5.73 Å². The van der Waals surface area contributed by atoms with E-state index < -0.39 is 0 Å². The highest BCUT2D eigenvalue weighted by Crippen LogP contribution is 2.15. The third-order valence-corrected chi connectivity index (χ3v) is 2.85. The number of hydrogen-bond donors (Lipinski definition) is 2. The number of rotatable bonds is 3.